The standard InChI is InChI=1S/C11H24N4O/c1-9(10(12)14-16)13-8-11(2)4-6-15(3)7-5-11/h9,13,16H,4-8H2,1-3H3,(H2,12,14). The lowest BCUT2D eigenvalue weighted by Gasteiger charge is -2.38. The number of piperidine rings is 1. The quantitative estimate of drug-likeness (QED) is 0.282. The first-order chi connectivity index (χ1) is 7.47. The first kappa shape index (κ1) is 13.3. The molecule has 1 heterocycles. The lowest BCUT2D eigenvalue weighted by molar-refractivity contribution is 0.136. The number of likely N-dealkylation sites (tertiary alicyclic amines) is 1. The number of nitrogens with zero attached hydrogens (tertiary/aromatic N) is 2. The Balaban J connectivity index is 2.37. The normalized spacial score (nSPS) is 24.3. The van der Waals surface area contributed by atoms with E-state index in [-0.39, 0.29) is 11.9 Å². The molecule has 0 aromatic heterocycles. The Kier molecular flexibility index (Phi) is 4.56. The van der Waals surface area contributed by atoms with Crippen molar-refractivity contribution in [3.8, 4) is 0 Å². The van der Waals surface area contributed by atoms with E-state index < -0.39 is 0 Å². The smallest absolute Gasteiger partial charge is 0.156 e. The van der Waals surface area contributed by atoms with Crippen LogP contribution in [0.2, 0.25) is 0 Å². The third-order valence-corrected chi connectivity index (χ3v) is 3.59. The molecule has 1 fully saturated rings. The van der Waals surface area contributed by atoms with Gasteiger partial charge in [-0.25, -0.2) is 0 Å². The van der Waals surface area contributed by atoms with Crippen molar-refractivity contribution in [2.75, 3.05) is 26.7 Å². The van der Waals surface area contributed by atoms with Crippen molar-refractivity contribution < 1.29 is 5.21 Å². The lowest BCUT2D eigenvalue weighted by Crippen LogP contribution is -2.47. The Labute approximate surface area is 97.7 Å². The second-order valence-electron chi connectivity index (χ2n) is 5.24. The van der Waals surface area contributed by atoms with Gasteiger partial charge in [0.25, 0.3) is 0 Å². The fourth-order valence-electron chi connectivity index (χ4n) is 1.93. The van der Waals surface area contributed by atoms with Gasteiger partial charge in [0.15, 0.2) is 5.84 Å². The van der Waals surface area contributed by atoms with Crippen molar-refractivity contribution in [1.29, 1.82) is 0 Å². The molecule has 0 bridgehead atoms. The summed E-state index contributed by atoms with van der Waals surface area (Å²) in [5.41, 5.74) is 5.86. The topological polar surface area (TPSA) is 73.9 Å². The minimum absolute atomic E-state index is 0.0681. The van der Waals surface area contributed by atoms with Crippen molar-refractivity contribution in [1.82, 2.24) is 10.2 Å². The van der Waals surface area contributed by atoms with Crippen molar-refractivity contribution in [2.45, 2.75) is 32.7 Å². The third-order valence-electron chi connectivity index (χ3n) is 3.59. The lowest BCUT2D eigenvalue weighted by atomic mass is 9.80. The maximum Gasteiger partial charge on any atom is 0.156 e. The Bertz CT molecular complexity index is 246. The van der Waals surface area contributed by atoms with Crippen molar-refractivity contribution in [3.63, 3.8) is 0 Å². The Hall–Kier alpha value is -0.810. The molecule has 1 atom stereocenters. The summed E-state index contributed by atoms with van der Waals surface area (Å²) in [6, 6.07) is -0.0681. The van der Waals surface area contributed by atoms with Crippen LogP contribution >= 0.6 is 0 Å². The van der Waals surface area contributed by atoms with E-state index in [4.69, 9.17) is 10.9 Å². The van der Waals surface area contributed by atoms with Crippen LogP contribution in [0.5, 0.6) is 0 Å². The SMILES string of the molecule is CC(NCC1(C)CCN(C)CC1)C(N)=NO. The summed E-state index contributed by atoms with van der Waals surface area (Å²) in [5, 5.41) is 14.9. The van der Waals surface area contributed by atoms with Gasteiger partial charge in [0.2, 0.25) is 0 Å². The van der Waals surface area contributed by atoms with Gasteiger partial charge in [-0.05, 0) is 45.3 Å². The second kappa shape index (κ2) is 5.50. The number of nitrogens with two attached hydrogens (primary N) is 1. The van der Waals surface area contributed by atoms with E-state index in [1.54, 1.807) is 0 Å². The molecular formula is C11H24N4O. The van der Waals surface area contributed by atoms with E-state index in [9.17, 15) is 0 Å². The van der Waals surface area contributed by atoms with Gasteiger partial charge in [0.1, 0.15) is 0 Å². The molecule has 0 saturated carbocycles. The predicted molar refractivity (Wildman–Crippen MR) is 65.7 cm³/mol. The van der Waals surface area contributed by atoms with Gasteiger partial charge in [-0.3, -0.25) is 0 Å². The summed E-state index contributed by atoms with van der Waals surface area (Å²) in [4.78, 5) is 2.36. The Morgan fingerprint density at radius 1 is 1.56 bits per heavy atom. The number of oxime groups is 1. The highest BCUT2D eigenvalue weighted by atomic mass is 16.4. The number of hydrogen-bond acceptors (Lipinski definition) is 4. The highest BCUT2D eigenvalue weighted by Crippen LogP contribution is 2.29. The Morgan fingerprint density at radius 3 is 2.62 bits per heavy atom. The molecule has 1 aliphatic rings. The van der Waals surface area contributed by atoms with Gasteiger partial charge in [-0.1, -0.05) is 12.1 Å². The van der Waals surface area contributed by atoms with Crippen molar-refractivity contribution in [2.24, 2.45) is 16.3 Å². The number of nitrogens with one attached hydrogen (secondary N) is 1. The van der Waals surface area contributed by atoms with Crippen LogP contribution < -0.4 is 11.1 Å². The summed E-state index contributed by atoms with van der Waals surface area (Å²) in [7, 11) is 2.16. The molecular weight excluding hydrogens is 204 g/mol. The van der Waals surface area contributed by atoms with E-state index in [1.165, 1.54) is 12.8 Å². The second-order valence-corrected chi connectivity index (χ2v) is 5.24. The number of rotatable bonds is 4. The highest BCUT2D eigenvalue weighted by Gasteiger charge is 2.29. The van der Waals surface area contributed by atoms with Crippen LogP contribution in [0.25, 0.3) is 0 Å². The molecule has 1 unspecified atom stereocenters. The van der Waals surface area contributed by atoms with Gasteiger partial charge in [-0.15, -0.1) is 0 Å². The molecule has 1 saturated heterocycles. The van der Waals surface area contributed by atoms with E-state index >= 15 is 0 Å². The van der Waals surface area contributed by atoms with Gasteiger partial charge < -0.3 is 21.2 Å². The van der Waals surface area contributed by atoms with Gasteiger partial charge in [-0.2, -0.15) is 0 Å². The maximum absolute atomic E-state index is 8.56. The fraction of sp³-hybridized carbons (Fsp3) is 0.909. The van der Waals surface area contributed by atoms with Gasteiger partial charge >= 0.3 is 0 Å². The van der Waals surface area contributed by atoms with Crippen LogP contribution in [-0.2, 0) is 0 Å². The van der Waals surface area contributed by atoms with Crippen molar-refractivity contribution >= 4 is 5.84 Å². The predicted octanol–water partition coefficient (Wildman–Crippen LogP) is 0.443. The Morgan fingerprint density at radius 2 is 2.12 bits per heavy atom. The van der Waals surface area contributed by atoms with E-state index in [0.717, 1.165) is 19.6 Å². The molecule has 0 amide bonds. The van der Waals surface area contributed by atoms with Crippen LogP contribution in [0.15, 0.2) is 5.16 Å². The molecule has 0 aromatic carbocycles. The molecule has 94 valence electrons. The zero-order valence-electron chi connectivity index (χ0n) is 10.5. The molecule has 1 aliphatic heterocycles. The molecule has 5 heteroatoms. The summed E-state index contributed by atoms with van der Waals surface area (Å²) in [6.45, 7) is 7.42. The largest absolute Gasteiger partial charge is 0.409 e. The van der Waals surface area contributed by atoms with E-state index in [2.05, 4.69) is 29.3 Å². The fourth-order valence-corrected chi connectivity index (χ4v) is 1.93. The average molecular weight is 228 g/mol. The molecule has 5 nitrogen and oxygen atoms in total. The number of hydrogen-bond donors (Lipinski definition) is 3. The maximum atomic E-state index is 8.56. The van der Waals surface area contributed by atoms with E-state index in [0.29, 0.717) is 5.41 Å². The van der Waals surface area contributed by atoms with Gasteiger partial charge in [0.05, 0.1) is 6.04 Å². The summed E-state index contributed by atoms with van der Waals surface area (Å²) in [6.07, 6.45) is 2.39. The molecule has 0 aliphatic carbocycles. The van der Waals surface area contributed by atoms with E-state index in [1.807, 2.05) is 6.92 Å². The van der Waals surface area contributed by atoms with Crippen LogP contribution in [0.3, 0.4) is 0 Å². The molecule has 0 radical (unpaired) electrons. The first-order valence-electron chi connectivity index (χ1n) is 5.86. The monoisotopic (exact) mass is 228 g/mol. The zero-order valence-corrected chi connectivity index (χ0v) is 10.5. The minimum atomic E-state index is -0.0681. The highest BCUT2D eigenvalue weighted by molar-refractivity contribution is 5.84. The van der Waals surface area contributed by atoms with Crippen LogP contribution in [0, 0.1) is 5.41 Å². The first-order valence-corrected chi connectivity index (χ1v) is 5.86. The van der Waals surface area contributed by atoms with Crippen LogP contribution in [0.4, 0.5) is 0 Å². The van der Waals surface area contributed by atoms with Crippen LogP contribution in [0.1, 0.15) is 26.7 Å². The molecule has 4 N–H and O–H groups in total. The molecule has 0 spiro atoms. The summed E-state index contributed by atoms with van der Waals surface area (Å²) in [5.74, 6) is 0.247. The van der Waals surface area contributed by atoms with Crippen LogP contribution in [-0.4, -0.2) is 48.7 Å². The van der Waals surface area contributed by atoms with Gasteiger partial charge in [0, 0.05) is 6.54 Å². The summed E-state index contributed by atoms with van der Waals surface area (Å²) >= 11 is 0. The number of amidine groups is 1. The molecule has 1 rings (SSSR count). The summed E-state index contributed by atoms with van der Waals surface area (Å²) < 4.78 is 0. The minimum Gasteiger partial charge on any atom is -0.409 e. The average Bonchev–Trinajstić information content (AvgIpc) is 2.29. The molecule has 16 heavy (non-hydrogen) atoms. The van der Waals surface area contributed by atoms with Crippen molar-refractivity contribution in [3.05, 3.63) is 0 Å². The third kappa shape index (κ3) is 3.64. The molecule has 0 aromatic rings. The zero-order chi connectivity index (χ0) is 12.2.